The molecule has 0 radical (unpaired) electrons. The zero-order valence-corrected chi connectivity index (χ0v) is 13.3. The van der Waals surface area contributed by atoms with Crippen LogP contribution in [-0.2, 0) is 0 Å². The van der Waals surface area contributed by atoms with Crippen LogP contribution in [0.5, 0.6) is 0 Å². The zero-order valence-electron chi connectivity index (χ0n) is 13.3. The molecule has 2 nitrogen and oxygen atoms in total. The maximum atomic E-state index is 12.4. The average molecular weight is 306 g/mol. The minimum Gasteiger partial charge on any atom is -0.311 e. The highest BCUT2D eigenvalue weighted by atomic mass is 19.4. The van der Waals surface area contributed by atoms with E-state index in [1.54, 1.807) is 0 Å². The lowest BCUT2D eigenvalue weighted by molar-refractivity contribution is -0.137. The van der Waals surface area contributed by atoms with E-state index in [1.165, 1.54) is 12.8 Å². The molecule has 1 spiro atoms. The van der Waals surface area contributed by atoms with Gasteiger partial charge < -0.3 is 5.32 Å². The number of nitrogens with zero attached hydrogens (tertiary/aromatic N) is 1. The summed E-state index contributed by atoms with van der Waals surface area (Å²) in [5.74, 6) is 0.622. The van der Waals surface area contributed by atoms with Crippen LogP contribution < -0.4 is 5.32 Å². The second kappa shape index (κ2) is 6.86. The summed E-state index contributed by atoms with van der Waals surface area (Å²) in [6, 6.07) is 0.433. The Kier molecular flexibility index (Phi) is 5.58. The fraction of sp³-hybridized carbons (Fsp3) is 1.00. The van der Waals surface area contributed by atoms with Gasteiger partial charge in [0, 0.05) is 31.1 Å². The molecular formula is C16H29F3N2. The van der Waals surface area contributed by atoms with Crippen molar-refractivity contribution >= 4 is 0 Å². The van der Waals surface area contributed by atoms with Crippen LogP contribution in [0, 0.1) is 5.92 Å². The highest BCUT2D eigenvalue weighted by Gasteiger charge is 2.43. The predicted molar refractivity (Wildman–Crippen MR) is 79.3 cm³/mol. The lowest BCUT2D eigenvalue weighted by Crippen LogP contribution is -2.63. The van der Waals surface area contributed by atoms with Gasteiger partial charge in [0.2, 0.25) is 0 Å². The molecule has 1 atom stereocenters. The summed E-state index contributed by atoms with van der Waals surface area (Å²) in [4.78, 5) is 2.38. The zero-order chi connectivity index (χ0) is 15.5. The first-order valence-corrected chi connectivity index (χ1v) is 8.36. The molecule has 1 saturated heterocycles. The molecule has 0 aromatic rings. The number of nitrogens with one attached hydrogen (secondary N) is 1. The van der Waals surface area contributed by atoms with Crippen molar-refractivity contribution in [3.05, 3.63) is 0 Å². The maximum absolute atomic E-state index is 12.4. The molecule has 0 amide bonds. The Balaban J connectivity index is 1.93. The summed E-state index contributed by atoms with van der Waals surface area (Å²) in [6.45, 7) is 6.87. The molecule has 1 aliphatic carbocycles. The number of rotatable bonds is 5. The van der Waals surface area contributed by atoms with Crippen LogP contribution in [-0.4, -0.2) is 42.3 Å². The van der Waals surface area contributed by atoms with Gasteiger partial charge in [-0.3, -0.25) is 4.90 Å². The smallest absolute Gasteiger partial charge is 0.311 e. The van der Waals surface area contributed by atoms with E-state index in [2.05, 4.69) is 24.1 Å². The van der Waals surface area contributed by atoms with E-state index in [9.17, 15) is 13.2 Å². The standard InChI is InChI=1S/C16H29F3N2/c1-13(2)10-14-11-21(9-5-8-16(17,18)19)15(12-20-14)6-3-4-7-15/h13-14,20H,3-12H2,1-2H3. The van der Waals surface area contributed by atoms with Crippen LogP contribution in [0.4, 0.5) is 13.2 Å². The normalized spacial score (nSPS) is 26.9. The van der Waals surface area contributed by atoms with Crippen molar-refractivity contribution < 1.29 is 13.2 Å². The van der Waals surface area contributed by atoms with Crippen LogP contribution in [0.3, 0.4) is 0 Å². The van der Waals surface area contributed by atoms with E-state index < -0.39 is 12.6 Å². The highest BCUT2D eigenvalue weighted by Crippen LogP contribution is 2.37. The molecule has 1 saturated carbocycles. The summed E-state index contributed by atoms with van der Waals surface area (Å²) in [5, 5.41) is 3.66. The van der Waals surface area contributed by atoms with Gasteiger partial charge in [0.1, 0.15) is 0 Å². The van der Waals surface area contributed by atoms with E-state index >= 15 is 0 Å². The molecule has 21 heavy (non-hydrogen) atoms. The van der Waals surface area contributed by atoms with Crippen molar-refractivity contribution in [3.8, 4) is 0 Å². The second-order valence-corrected chi connectivity index (χ2v) is 7.30. The number of alkyl halides is 3. The van der Waals surface area contributed by atoms with Gasteiger partial charge in [-0.05, 0) is 38.1 Å². The first-order valence-electron chi connectivity index (χ1n) is 8.36. The van der Waals surface area contributed by atoms with E-state index in [1.807, 2.05) is 0 Å². The van der Waals surface area contributed by atoms with Crippen LogP contribution >= 0.6 is 0 Å². The molecule has 2 aliphatic rings. The lowest BCUT2D eigenvalue weighted by atomic mass is 9.88. The van der Waals surface area contributed by atoms with Crippen molar-refractivity contribution in [2.45, 2.75) is 76.6 Å². The van der Waals surface area contributed by atoms with Gasteiger partial charge in [-0.25, -0.2) is 0 Å². The van der Waals surface area contributed by atoms with Gasteiger partial charge in [0.25, 0.3) is 0 Å². The van der Waals surface area contributed by atoms with Crippen molar-refractivity contribution in [3.63, 3.8) is 0 Å². The fourth-order valence-electron chi connectivity index (χ4n) is 4.02. The lowest BCUT2D eigenvalue weighted by Gasteiger charge is -2.49. The van der Waals surface area contributed by atoms with Gasteiger partial charge in [0.15, 0.2) is 0 Å². The van der Waals surface area contributed by atoms with Crippen LogP contribution in [0.15, 0.2) is 0 Å². The number of piperazine rings is 1. The van der Waals surface area contributed by atoms with Gasteiger partial charge in [0.05, 0.1) is 0 Å². The van der Waals surface area contributed by atoms with E-state index in [0.717, 1.165) is 32.4 Å². The minimum atomic E-state index is -4.02. The molecule has 0 aromatic heterocycles. The Labute approximate surface area is 126 Å². The first kappa shape index (κ1) is 17.1. The van der Waals surface area contributed by atoms with Crippen molar-refractivity contribution in [1.82, 2.24) is 10.2 Å². The third kappa shape index (κ3) is 4.85. The topological polar surface area (TPSA) is 15.3 Å². The molecule has 1 unspecified atom stereocenters. The molecule has 1 N–H and O–H groups in total. The Bertz CT molecular complexity index is 322. The molecule has 2 fully saturated rings. The number of halogens is 3. The molecule has 2 rings (SSSR count). The molecule has 124 valence electrons. The van der Waals surface area contributed by atoms with Crippen molar-refractivity contribution in [2.24, 2.45) is 5.92 Å². The molecular weight excluding hydrogens is 277 g/mol. The SMILES string of the molecule is CC(C)CC1CN(CCCC(F)(F)F)C2(CCCC2)CN1. The third-order valence-corrected chi connectivity index (χ3v) is 5.01. The van der Waals surface area contributed by atoms with Crippen LogP contribution in [0.2, 0.25) is 0 Å². The van der Waals surface area contributed by atoms with E-state index in [-0.39, 0.29) is 12.0 Å². The summed E-state index contributed by atoms with van der Waals surface area (Å²) >= 11 is 0. The molecule has 1 heterocycles. The summed E-state index contributed by atoms with van der Waals surface area (Å²) in [6.07, 6.45) is 1.38. The Hall–Kier alpha value is -0.290. The number of hydrogen-bond donors (Lipinski definition) is 1. The molecule has 0 aromatic carbocycles. The third-order valence-electron chi connectivity index (χ3n) is 5.01. The maximum Gasteiger partial charge on any atom is 0.389 e. The minimum absolute atomic E-state index is 0.138. The Morgan fingerprint density at radius 2 is 1.90 bits per heavy atom. The first-order chi connectivity index (χ1) is 9.81. The molecule has 1 aliphatic heterocycles. The predicted octanol–water partition coefficient (Wildman–Crippen LogP) is 3.96. The summed E-state index contributed by atoms with van der Waals surface area (Å²) in [7, 11) is 0. The van der Waals surface area contributed by atoms with Crippen LogP contribution in [0.25, 0.3) is 0 Å². The summed E-state index contributed by atoms with van der Waals surface area (Å²) < 4.78 is 37.2. The molecule has 0 bridgehead atoms. The van der Waals surface area contributed by atoms with Gasteiger partial charge in [-0.2, -0.15) is 13.2 Å². The fourth-order valence-corrected chi connectivity index (χ4v) is 4.02. The van der Waals surface area contributed by atoms with Gasteiger partial charge in [-0.15, -0.1) is 0 Å². The Morgan fingerprint density at radius 1 is 1.24 bits per heavy atom. The van der Waals surface area contributed by atoms with Gasteiger partial charge >= 0.3 is 6.18 Å². The highest BCUT2D eigenvalue weighted by molar-refractivity contribution is 5.01. The summed E-state index contributed by atoms with van der Waals surface area (Å²) in [5.41, 5.74) is 0.138. The van der Waals surface area contributed by atoms with E-state index in [4.69, 9.17) is 0 Å². The Morgan fingerprint density at radius 3 is 2.48 bits per heavy atom. The molecule has 5 heteroatoms. The van der Waals surface area contributed by atoms with Gasteiger partial charge in [-0.1, -0.05) is 26.7 Å². The van der Waals surface area contributed by atoms with Crippen LogP contribution in [0.1, 0.15) is 58.8 Å². The number of hydrogen-bond acceptors (Lipinski definition) is 2. The second-order valence-electron chi connectivity index (χ2n) is 7.30. The van der Waals surface area contributed by atoms with Crippen molar-refractivity contribution in [2.75, 3.05) is 19.6 Å². The average Bonchev–Trinajstić information content (AvgIpc) is 2.81. The van der Waals surface area contributed by atoms with E-state index in [0.29, 0.717) is 18.5 Å². The monoisotopic (exact) mass is 306 g/mol. The quantitative estimate of drug-likeness (QED) is 0.827. The van der Waals surface area contributed by atoms with Crippen molar-refractivity contribution in [1.29, 1.82) is 0 Å². The largest absolute Gasteiger partial charge is 0.389 e.